The third-order valence-corrected chi connectivity index (χ3v) is 6.96. The molecule has 1 fully saturated rings. The SMILES string of the molecule is Cc1ccc(S(=O)(=O)N2CCN(C(=O)COc3ccccc3C#N)CC2)cc1C. The first-order valence-electron chi connectivity index (χ1n) is 9.30. The van der Waals surface area contributed by atoms with Crippen molar-refractivity contribution in [3.8, 4) is 11.8 Å². The Hall–Kier alpha value is -2.89. The topological polar surface area (TPSA) is 90.7 Å². The molecule has 0 unspecified atom stereocenters. The zero-order chi connectivity index (χ0) is 21.0. The largest absolute Gasteiger partial charge is 0.482 e. The van der Waals surface area contributed by atoms with E-state index in [0.717, 1.165) is 11.1 Å². The number of amides is 1. The van der Waals surface area contributed by atoms with E-state index in [2.05, 4.69) is 0 Å². The van der Waals surface area contributed by atoms with Gasteiger partial charge in [0.1, 0.15) is 11.8 Å². The van der Waals surface area contributed by atoms with Gasteiger partial charge in [0.25, 0.3) is 5.91 Å². The van der Waals surface area contributed by atoms with Crippen molar-refractivity contribution in [1.29, 1.82) is 5.26 Å². The quantitative estimate of drug-likeness (QED) is 0.749. The van der Waals surface area contributed by atoms with Crippen molar-refractivity contribution >= 4 is 15.9 Å². The highest BCUT2D eigenvalue weighted by atomic mass is 32.2. The molecule has 0 saturated carbocycles. The molecule has 1 heterocycles. The molecule has 3 rings (SSSR count). The second-order valence-electron chi connectivity index (χ2n) is 6.93. The Morgan fingerprint density at radius 3 is 2.41 bits per heavy atom. The van der Waals surface area contributed by atoms with E-state index in [4.69, 9.17) is 10.00 Å². The van der Waals surface area contributed by atoms with Crippen LogP contribution in [-0.4, -0.2) is 56.3 Å². The lowest BCUT2D eigenvalue weighted by Crippen LogP contribution is -2.51. The van der Waals surface area contributed by atoms with Gasteiger partial charge in [-0.2, -0.15) is 9.57 Å². The number of aryl methyl sites for hydroxylation is 2. The smallest absolute Gasteiger partial charge is 0.260 e. The Labute approximate surface area is 171 Å². The van der Waals surface area contributed by atoms with Gasteiger partial charge in [-0.05, 0) is 49.2 Å². The number of benzene rings is 2. The van der Waals surface area contributed by atoms with Gasteiger partial charge in [-0.25, -0.2) is 8.42 Å². The first kappa shape index (κ1) is 20.8. The molecule has 1 amide bonds. The van der Waals surface area contributed by atoms with E-state index in [1.807, 2.05) is 19.9 Å². The fourth-order valence-corrected chi connectivity index (χ4v) is 4.62. The summed E-state index contributed by atoms with van der Waals surface area (Å²) in [5.74, 6) is 0.125. The highest BCUT2D eigenvalue weighted by molar-refractivity contribution is 7.89. The number of carbonyl (C=O) groups is 1. The van der Waals surface area contributed by atoms with Crippen LogP contribution in [-0.2, 0) is 14.8 Å². The average Bonchev–Trinajstić information content (AvgIpc) is 2.74. The van der Waals surface area contributed by atoms with Crippen molar-refractivity contribution in [3.05, 3.63) is 59.2 Å². The second kappa shape index (κ2) is 8.64. The molecule has 0 bridgehead atoms. The Morgan fingerprint density at radius 1 is 1.07 bits per heavy atom. The van der Waals surface area contributed by atoms with Gasteiger partial charge in [0.05, 0.1) is 10.5 Å². The molecular formula is C21H23N3O4S. The number of carbonyl (C=O) groups excluding carboxylic acids is 1. The summed E-state index contributed by atoms with van der Waals surface area (Å²) in [5.41, 5.74) is 2.33. The van der Waals surface area contributed by atoms with Gasteiger partial charge in [0.2, 0.25) is 10.0 Å². The molecule has 0 atom stereocenters. The molecule has 1 saturated heterocycles. The van der Waals surface area contributed by atoms with Crippen LogP contribution in [0.1, 0.15) is 16.7 Å². The minimum absolute atomic E-state index is 0.192. The molecule has 0 aromatic heterocycles. The predicted octanol–water partition coefficient (Wildman–Crippen LogP) is 2.09. The first-order chi connectivity index (χ1) is 13.8. The molecule has 0 radical (unpaired) electrons. The van der Waals surface area contributed by atoms with Crippen LogP contribution in [0.15, 0.2) is 47.4 Å². The van der Waals surface area contributed by atoms with Crippen molar-refractivity contribution in [2.75, 3.05) is 32.8 Å². The number of nitriles is 1. The lowest BCUT2D eigenvalue weighted by Gasteiger charge is -2.34. The summed E-state index contributed by atoms with van der Waals surface area (Å²) in [6.07, 6.45) is 0. The number of hydrogen-bond acceptors (Lipinski definition) is 5. The summed E-state index contributed by atoms with van der Waals surface area (Å²) in [4.78, 5) is 14.3. The van der Waals surface area contributed by atoms with Gasteiger partial charge >= 0.3 is 0 Å². The molecule has 2 aromatic carbocycles. The van der Waals surface area contributed by atoms with E-state index in [9.17, 15) is 13.2 Å². The van der Waals surface area contributed by atoms with Crippen LogP contribution < -0.4 is 4.74 Å². The number of rotatable bonds is 5. The maximum Gasteiger partial charge on any atom is 0.260 e. The number of sulfonamides is 1. The van der Waals surface area contributed by atoms with Gasteiger partial charge in [-0.15, -0.1) is 0 Å². The highest BCUT2D eigenvalue weighted by Crippen LogP contribution is 2.21. The van der Waals surface area contributed by atoms with Gasteiger partial charge in [-0.1, -0.05) is 18.2 Å². The molecule has 1 aliphatic heterocycles. The van der Waals surface area contributed by atoms with E-state index < -0.39 is 10.0 Å². The van der Waals surface area contributed by atoms with Crippen molar-refractivity contribution in [3.63, 3.8) is 0 Å². The monoisotopic (exact) mass is 413 g/mol. The Morgan fingerprint density at radius 2 is 1.76 bits per heavy atom. The van der Waals surface area contributed by atoms with Gasteiger partial charge in [0.15, 0.2) is 6.61 Å². The lowest BCUT2D eigenvalue weighted by atomic mass is 10.1. The Kier molecular flexibility index (Phi) is 6.20. The molecule has 29 heavy (non-hydrogen) atoms. The zero-order valence-corrected chi connectivity index (χ0v) is 17.3. The maximum atomic E-state index is 12.9. The Bertz CT molecular complexity index is 1050. The zero-order valence-electron chi connectivity index (χ0n) is 16.5. The van der Waals surface area contributed by atoms with Crippen LogP contribution in [0.4, 0.5) is 0 Å². The van der Waals surface area contributed by atoms with Gasteiger partial charge in [-0.3, -0.25) is 4.79 Å². The second-order valence-corrected chi connectivity index (χ2v) is 8.87. The van der Waals surface area contributed by atoms with Gasteiger partial charge in [0, 0.05) is 26.2 Å². The first-order valence-corrected chi connectivity index (χ1v) is 10.7. The number of para-hydroxylation sites is 1. The van der Waals surface area contributed by atoms with Crippen molar-refractivity contribution in [1.82, 2.24) is 9.21 Å². The number of hydrogen-bond donors (Lipinski definition) is 0. The van der Waals surface area contributed by atoms with Crippen molar-refractivity contribution in [2.45, 2.75) is 18.7 Å². The minimum atomic E-state index is -3.59. The molecule has 0 N–H and O–H groups in total. The van der Waals surface area contributed by atoms with Gasteiger partial charge < -0.3 is 9.64 Å². The molecule has 0 spiro atoms. The summed E-state index contributed by atoms with van der Waals surface area (Å²) < 4.78 is 32.6. The summed E-state index contributed by atoms with van der Waals surface area (Å²) >= 11 is 0. The predicted molar refractivity (Wildman–Crippen MR) is 108 cm³/mol. The van der Waals surface area contributed by atoms with Crippen LogP contribution in [0.2, 0.25) is 0 Å². The third-order valence-electron chi connectivity index (χ3n) is 5.07. The highest BCUT2D eigenvalue weighted by Gasteiger charge is 2.30. The summed E-state index contributed by atoms with van der Waals surface area (Å²) in [6.45, 7) is 4.69. The fourth-order valence-electron chi connectivity index (χ4n) is 3.12. The molecule has 152 valence electrons. The molecule has 2 aromatic rings. The molecular weight excluding hydrogens is 390 g/mol. The van der Waals surface area contributed by atoms with Crippen LogP contribution in [0.3, 0.4) is 0 Å². The lowest BCUT2D eigenvalue weighted by molar-refractivity contribution is -0.134. The van der Waals surface area contributed by atoms with Crippen LogP contribution >= 0.6 is 0 Å². The molecule has 1 aliphatic rings. The number of nitrogens with zero attached hydrogens (tertiary/aromatic N) is 3. The van der Waals surface area contributed by atoms with E-state index in [1.54, 1.807) is 47.4 Å². The standard InChI is InChI=1S/C21H23N3O4S/c1-16-7-8-19(13-17(16)2)29(26,27)24-11-9-23(10-12-24)21(25)15-28-20-6-4-3-5-18(20)14-22/h3-8,13H,9-12,15H2,1-2H3. The average molecular weight is 413 g/mol. The number of piperazine rings is 1. The van der Waals surface area contributed by atoms with Crippen LogP contribution in [0.5, 0.6) is 5.75 Å². The van der Waals surface area contributed by atoms with Crippen LogP contribution in [0, 0.1) is 25.2 Å². The van der Waals surface area contributed by atoms with Crippen LogP contribution in [0.25, 0.3) is 0 Å². The molecule has 7 nitrogen and oxygen atoms in total. The fraction of sp³-hybridized carbons (Fsp3) is 0.333. The summed E-state index contributed by atoms with van der Waals surface area (Å²) in [5, 5.41) is 9.08. The third kappa shape index (κ3) is 4.58. The van der Waals surface area contributed by atoms with E-state index in [0.29, 0.717) is 24.4 Å². The molecule has 8 heteroatoms. The van der Waals surface area contributed by atoms with E-state index in [-0.39, 0.29) is 30.5 Å². The number of ether oxygens (including phenoxy) is 1. The van der Waals surface area contributed by atoms with E-state index in [1.165, 1.54) is 4.31 Å². The molecule has 0 aliphatic carbocycles. The van der Waals surface area contributed by atoms with Crippen molar-refractivity contribution in [2.24, 2.45) is 0 Å². The van der Waals surface area contributed by atoms with Crippen molar-refractivity contribution < 1.29 is 17.9 Å². The minimum Gasteiger partial charge on any atom is -0.482 e. The summed E-state index contributed by atoms with van der Waals surface area (Å²) in [6, 6.07) is 13.8. The Balaban J connectivity index is 1.59. The summed E-state index contributed by atoms with van der Waals surface area (Å²) in [7, 11) is -3.59. The normalized spacial score (nSPS) is 15.0. The maximum absolute atomic E-state index is 12.9. The van der Waals surface area contributed by atoms with E-state index >= 15 is 0 Å².